The minimum Gasteiger partial charge on any atom is -0.495 e. The van der Waals surface area contributed by atoms with Crippen molar-refractivity contribution in [2.45, 2.75) is 6.92 Å². The summed E-state index contributed by atoms with van der Waals surface area (Å²) in [6.45, 7) is 1.45. The number of hydrogen-bond acceptors (Lipinski definition) is 4. The van der Waals surface area contributed by atoms with E-state index < -0.39 is 0 Å². The lowest BCUT2D eigenvalue weighted by atomic mass is 10.2. The largest absolute Gasteiger partial charge is 0.495 e. The number of oxazole rings is 1. The van der Waals surface area contributed by atoms with Crippen LogP contribution in [0.3, 0.4) is 0 Å². The van der Waals surface area contributed by atoms with Crippen LogP contribution in [0.4, 0.5) is 5.69 Å². The number of methoxy groups -OCH3 is 1. The number of aromatic nitrogens is 1. The molecule has 3 aromatic rings. The van der Waals surface area contributed by atoms with E-state index in [0.29, 0.717) is 17.3 Å². The third-order valence-corrected chi connectivity index (χ3v) is 3.05. The van der Waals surface area contributed by atoms with Crippen molar-refractivity contribution in [1.82, 2.24) is 4.98 Å². The number of anilines is 1. The van der Waals surface area contributed by atoms with Gasteiger partial charge in [0.1, 0.15) is 11.3 Å². The first-order valence-electron chi connectivity index (χ1n) is 6.49. The molecule has 1 aromatic heterocycles. The van der Waals surface area contributed by atoms with Crippen molar-refractivity contribution in [3.8, 4) is 17.2 Å². The Bertz CT molecular complexity index is 775. The maximum absolute atomic E-state index is 11.3. The van der Waals surface area contributed by atoms with Gasteiger partial charge in [-0.25, -0.2) is 4.98 Å². The van der Waals surface area contributed by atoms with Crippen molar-refractivity contribution >= 4 is 22.7 Å². The molecule has 0 aliphatic heterocycles. The number of para-hydroxylation sites is 2. The van der Waals surface area contributed by atoms with Gasteiger partial charge in [-0.15, -0.1) is 0 Å². The van der Waals surface area contributed by atoms with Crippen LogP contribution in [0.5, 0.6) is 5.75 Å². The summed E-state index contributed by atoms with van der Waals surface area (Å²) >= 11 is 0. The van der Waals surface area contributed by atoms with Crippen LogP contribution in [-0.4, -0.2) is 18.0 Å². The lowest BCUT2D eigenvalue weighted by Crippen LogP contribution is -2.07. The van der Waals surface area contributed by atoms with Crippen LogP contribution in [0.1, 0.15) is 6.92 Å². The second-order valence-electron chi connectivity index (χ2n) is 4.58. The Morgan fingerprint density at radius 1 is 1.24 bits per heavy atom. The summed E-state index contributed by atoms with van der Waals surface area (Å²) in [6, 6.07) is 13.0. The second-order valence-corrected chi connectivity index (χ2v) is 4.58. The number of hydrogen-bond donors (Lipinski definition) is 1. The van der Waals surface area contributed by atoms with Gasteiger partial charge < -0.3 is 14.5 Å². The average molecular weight is 282 g/mol. The van der Waals surface area contributed by atoms with E-state index in [1.54, 1.807) is 19.2 Å². The number of nitrogens with one attached hydrogen (secondary N) is 1. The highest BCUT2D eigenvalue weighted by Crippen LogP contribution is 2.31. The number of carbonyl (C=O) groups is 1. The third kappa shape index (κ3) is 2.58. The number of ether oxygens (including phenoxy) is 1. The first-order chi connectivity index (χ1) is 10.2. The highest BCUT2D eigenvalue weighted by Gasteiger charge is 2.11. The maximum Gasteiger partial charge on any atom is 0.227 e. The van der Waals surface area contributed by atoms with Crippen molar-refractivity contribution in [3.63, 3.8) is 0 Å². The van der Waals surface area contributed by atoms with Crippen LogP contribution < -0.4 is 10.1 Å². The molecule has 0 aliphatic rings. The fourth-order valence-electron chi connectivity index (χ4n) is 2.12. The van der Waals surface area contributed by atoms with E-state index in [9.17, 15) is 4.79 Å². The smallest absolute Gasteiger partial charge is 0.227 e. The minimum atomic E-state index is -0.164. The molecule has 1 amide bonds. The third-order valence-electron chi connectivity index (χ3n) is 3.05. The molecule has 21 heavy (non-hydrogen) atoms. The van der Waals surface area contributed by atoms with Gasteiger partial charge in [0.05, 0.1) is 12.8 Å². The zero-order valence-corrected chi connectivity index (χ0v) is 11.7. The second kappa shape index (κ2) is 5.28. The van der Waals surface area contributed by atoms with Crippen LogP contribution in [0.25, 0.3) is 22.6 Å². The average Bonchev–Trinajstić information content (AvgIpc) is 2.90. The molecule has 0 aliphatic carbocycles. The lowest BCUT2D eigenvalue weighted by Gasteiger charge is -2.09. The molecule has 0 saturated heterocycles. The Hall–Kier alpha value is -2.82. The Kier molecular flexibility index (Phi) is 3.31. The zero-order chi connectivity index (χ0) is 14.8. The maximum atomic E-state index is 11.3. The quantitative estimate of drug-likeness (QED) is 0.799. The van der Waals surface area contributed by atoms with Crippen molar-refractivity contribution in [3.05, 3.63) is 42.5 Å². The topological polar surface area (TPSA) is 64.4 Å². The summed E-state index contributed by atoms with van der Waals surface area (Å²) in [7, 11) is 1.56. The molecule has 106 valence electrons. The van der Waals surface area contributed by atoms with Gasteiger partial charge >= 0.3 is 0 Å². The van der Waals surface area contributed by atoms with E-state index >= 15 is 0 Å². The molecular formula is C16H14N2O3. The van der Waals surface area contributed by atoms with Gasteiger partial charge in [-0.2, -0.15) is 0 Å². The molecule has 3 rings (SSSR count). The normalized spacial score (nSPS) is 10.6. The molecule has 5 heteroatoms. The van der Waals surface area contributed by atoms with Gasteiger partial charge in [0.25, 0.3) is 0 Å². The van der Waals surface area contributed by atoms with E-state index in [2.05, 4.69) is 10.3 Å². The Labute approximate surface area is 121 Å². The minimum absolute atomic E-state index is 0.164. The van der Waals surface area contributed by atoms with Crippen molar-refractivity contribution in [2.75, 3.05) is 12.4 Å². The molecule has 0 unspecified atom stereocenters. The molecule has 0 fully saturated rings. The molecule has 0 atom stereocenters. The summed E-state index contributed by atoms with van der Waals surface area (Å²) in [5.41, 5.74) is 2.88. The van der Waals surface area contributed by atoms with Crippen LogP contribution >= 0.6 is 0 Å². The number of rotatable bonds is 3. The number of fused-ring (bicyclic) bond motifs is 1. The summed E-state index contributed by atoms with van der Waals surface area (Å²) in [5, 5.41) is 2.73. The Morgan fingerprint density at radius 2 is 2.05 bits per heavy atom. The molecular weight excluding hydrogens is 268 g/mol. The van der Waals surface area contributed by atoms with Gasteiger partial charge in [-0.1, -0.05) is 12.1 Å². The molecule has 1 heterocycles. The van der Waals surface area contributed by atoms with Gasteiger partial charge in [-0.3, -0.25) is 4.79 Å². The standard InChI is InChI=1S/C16H14N2O3/c1-10(19)17-13-9-11(7-8-14(13)20-2)16-18-12-5-3-4-6-15(12)21-16/h3-9H,1-2H3,(H,17,19). The van der Waals surface area contributed by atoms with Crippen LogP contribution in [0.15, 0.2) is 46.9 Å². The highest BCUT2D eigenvalue weighted by molar-refractivity contribution is 5.91. The summed E-state index contributed by atoms with van der Waals surface area (Å²) in [4.78, 5) is 15.7. The number of nitrogens with zero attached hydrogens (tertiary/aromatic N) is 1. The summed E-state index contributed by atoms with van der Waals surface area (Å²) in [5.74, 6) is 0.929. The molecule has 5 nitrogen and oxygen atoms in total. The van der Waals surface area contributed by atoms with Crippen molar-refractivity contribution < 1.29 is 13.9 Å². The Balaban J connectivity index is 2.07. The van der Waals surface area contributed by atoms with Gasteiger partial charge in [0.2, 0.25) is 11.8 Å². The predicted molar refractivity (Wildman–Crippen MR) is 80.3 cm³/mol. The van der Waals surface area contributed by atoms with Gasteiger partial charge in [0, 0.05) is 12.5 Å². The summed E-state index contributed by atoms with van der Waals surface area (Å²) < 4.78 is 11.0. The number of carbonyl (C=O) groups excluding carboxylic acids is 1. The molecule has 2 aromatic carbocycles. The fourth-order valence-corrected chi connectivity index (χ4v) is 2.12. The summed E-state index contributed by atoms with van der Waals surface area (Å²) in [6.07, 6.45) is 0. The highest BCUT2D eigenvalue weighted by atomic mass is 16.5. The van der Waals surface area contributed by atoms with E-state index in [-0.39, 0.29) is 5.91 Å². The monoisotopic (exact) mass is 282 g/mol. The van der Waals surface area contributed by atoms with Crippen molar-refractivity contribution in [2.24, 2.45) is 0 Å². The van der Waals surface area contributed by atoms with E-state index in [4.69, 9.17) is 9.15 Å². The lowest BCUT2D eigenvalue weighted by molar-refractivity contribution is -0.114. The van der Waals surface area contributed by atoms with E-state index in [1.807, 2.05) is 30.3 Å². The van der Waals surface area contributed by atoms with Crippen molar-refractivity contribution in [1.29, 1.82) is 0 Å². The van der Waals surface area contributed by atoms with Crippen LogP contribution in [0, 0.1) is 0 Å². The molecule has 0 bridgehead atoms. The number of amides is 1. The van der Waals surface area contributed by atoms with E-state index in [1.165, 1.54) is 6.92 Å². The molecule has 1 N–H and O–H groups in total. The fraction of sp³-hybridized carbons (Fsp3) is 0.125. The molecule has 0 saturated carbocycles. The van der Waals surface area contributed by atoms with Crippen LogP contribution in [0.2, 0.25) is 0 Å². The number of benzene rings is 2. The Morgan fingerprint density at radius 3 is 2.76 bits per heavy atom. The molecule has 0 spiro atoms. The van der Waals surface area contributed by atoms with Gasteiger partial charge in [-0.05, 0) is 30.3 Å². The molecule has 0 radical (unpaired) electrons. The zero-order valence-electron chi connectivity index (χ0n) is 11.7. The SMILES string of the molecule is COc1ccc(-c2nc3ccccc3o2)cc1NC(C)=O. The first kappa shape index (κ1) is 13.2. The van der Waals surface area contributed by atoms with E-state index in [0.717, 1.165) is 16.7 Å². The van der Waals surface area contributed by atoms with Crippen LogP contribution in [-0.2, 0) is 4.79 Å². The predicted octanol–water partition coefficient (Wildman–Crippen LogP) is 3.46. The van der Waals surface area contributed by atoms with Gasteiger partial charge in [0.15, 0.2) is 5.58 Å². The first-order valence-corrected chi connectivity index (χ1v) is 6.49.